The van der Waals surface area contributed by atoms with Gasteiger partial charge in [-0.2, -0.15) is 4.98 Å². The largest absolute Gasteiger partial charge is 0.495 e. The molecule has 9 heteroatoms. The molecule has 35 heavy (non-hydrogen) atoms. The Labute approximate surface area is 207 Å². The molecule has 186 valence electrons. The van der Waals surface area contributed by atoms with Crippen LogP contribution in [0.2, 0.25) is 0 Å². The molecule has 2 aromatic carbocycles. The van der Waals surface area contributed by atoms with Crippen molar-refractivity contribution in [3.05, 3.63) is 59.8 Å². The summed E-state index contributed by atoms with van der Waals surface area (Å²) in [6, 6.07) is 12.7. The molecule has 3 N–H and O–H groups in total. The number of piperidine rings is 1. The van der Waals surface area contributed by atoms with E-state index in [2.05, 4.69) is 45.0 Å². The van der Waals surface area contributed by atoms with E-state index >= 15 is 0 Å². The highest BCUT2D eigenvalue weighted by molar-refractivity contribution is 7.92. The standard InChI is InChI=1S/C26H33N5O3S/c1-17(2)35(32,33)24-8-6-5-7-21(24)29-25-11-14-28-26(31-25)30-22-15-18(3)20(16-23(22)34-4)19-9-12-27-13-10-19/h5-8,11,14-17,19,27H,9-10,12-13H2,1-4H3,(H2,28,29,30,31). The number of nitrogens with one attached hydrogen (secondary N) is 3. The lowest BCUT2D eigenvalue weighted by Crippen LogP contribution is -2.27. The third-order valence-electron chi connectivity index (χ3n) is 6.35. The van der Waals surface area contributed by atoms with Gasteiger partial charge in [-0.15, -0.1) is 0 Å². The minimum Gasteiger partial charge on any atom is -0.495 e. The Kier molecular flexibility index (Phi) is 7.57. The van der Waals surface area contributed by atoms with Crippen LogP contribution in [0, 0.1) is 6.92 Å². The second-order valence-corrected chi connectivity index (χ2v) is 11.5. The highest BCUT2D eigenvalue weighted by atomic mass is 32.2. The van der Waals surface area contributed by atoms with Crippen molar-refractivity contribution in [1.29, 1.82) is 0 Å². The number of methoxy groups -OCH3 is 1. The van der Waals surface area contributed by atoms with Crippen molar-refractivity contribution in [2.75, 3.05) is 30.8 Å². The fourth-order valence-electron chi connectivity index (χ4n) is 4.36. The van der Waals surface area contributed by atoms with Gasteiger partial charge < -0.3 is 20.7 Å². The second kappa shape index (κ2) is 10.6. The third kappa shape index (κ3) is 5.57. The van der Waals surface area contributed by atoms with E-state index in [-0.39, 0.29) is 4.90 Å². The SMILES string of the molecule is COc1cc(C2CCNCC2)c(C)cc1Nc1nccc(Nc2ccccc2S(=O)(=O)C(C)C)n1. The predicted molar refractivity (Wildman–Crippen MR) is 140 cm³/mol. The first kappa shape index (κ1) is 24.9. The monoisotopic (exact) mass is 495 g/mol. The number of anilines is 4. The molecule has 0 atom stereocenters. The Bertz CT molecular complexity index is 1290. The van der Waals surface area contributed by atoms with Crippen molar-refractivity contribution >= 4 is 33.0 Å². The summed E-state index contributed by atoms with van der Waals surface area (Å²) < 4.78 is 31.3. The summed E-state index contributed by atoms with van der Waals surface area (Å²) in [5.41, 5.74) is 3.77. The summed E-state index contributed by atoms with van der Waals surface area (Å²) in [4.78, 5) is 9.15. The van der Waals surface area contributed by atoms with E-state index in [1.165, 1.54) is 11.1 Å². The Morgan fingerprint density at radius 3 is 2.51 bits per heavy atom. The van der Waals surface area contributed by atoms with Crippen LogP contribution in [0.1, 0.15) is 43.7 Å². The van der Waals surface area contributed by atoms with E-state index in [9.17, 15) is 8.42 Å². The summed E-state index contributed by atoms with van der Waals surface area (Å²) in [6.45, 7) is 7.52. The van der Waals surface area contributed by atoms with Gasteiger partial charge in [0.15, 0.2) is 9.84 Å². The molecule has 1 saturated heterocycles. The van der Waals surface area contributed by atoms with Crippen molar-refractivity contribution in [3.8, 4) is 5.75 Å². The van der Waals surface area contributed by atoms with Crippen LogP contribution < -0.4 is 20.7 Å². The Morgan fingerprint density at radius 1 is 1.06 bits per heavy atom. The summed E-state index contributed by atoms with van der Waals surface area (Å²) >= 11 is 0. The first-order chi connectivity index (χ1) is 16.8. The highest BCUT2D eigenvalue weighted by Gasteiger charge is 2.23. The topological polar surface area (TPSA) is 105 Å². The molecular weight excluding hydrogens is 462 g/mol. The molecule has 0 radical (unpaired) electrons. The summed E-state index contributed by atoms with van der Waals surface area (Å²) in [5.74, 6) is 2.12. The molecule has 1 aliphatic rings. The normalized spacial score (nSPS) is 14.7. The molecule has 1 aromatic heterocycles. The predicted octanol–water partition coefficient (Wildman–Crippen LogP) is 4.93. The molecule has 3 aromatic rings. The van der Waals surface area contributed by atoms with Gasteiger partial charge in [-0.1, -0.05) is 12.1 Å². The Balaban J connectivity index is 1.59. The van der Waals surface area contributed by atoms with Gasteiger partial charge >= 0.3 is 0 Å². The van der Waals surface area contributed by atoms with Gasteiger partial charge in [-0.25, -0.2) is 13.4 Å². The number of hydrogen-bond donors (Lipinski definition) is 3. The maximum absolute atomic E-state index is 12.8. The van der Waals surface area contributed by atoms with E-state index in [0.717, 1.165) is 37.4 Å². The molecule has 8 nitrogen and oxygen atoms in total. The zero-order valence-electron chi connectivity index (χ0n) is 20.6. The summed E-state index contributed by atoms with van der Waals surface area (Å²) in [7, 11) is -1.80. The van der Waals surface area contributed by atoms with E-state index < -0.39 is 15.1 Å². The molecule has 4 rings (SSSR count). The second-order valence-electron chi connectivity index (χ2n) is 9.04. The fraction of sp³-hybridized carbons (Fsp3) is 0.385. The van der Waals surface area contributed by atoms with Crippen molar-refractivity contribution in [2.24, 2.45) is 0 Å². The molecule has 0 amide bonds. The number of rotatable bonds is 8. The number of benzene rings is 2. The maximum atomic E-state index is 12.8. The Hall–Kier alpha value is -3.17. The number of aryl methyl sites for hydroxylation is 1. The van der Waals surface area contributed by atoms with E-state index in [4.69, 9.17) is 4.74 Å². The number of aromatic nitrogens is 2. The van der Waals surface area contributed by atoms with Gasteiger partial charge in [-0.3, -0.25) is 0 Å². The van der Waals surface area contributed by atoms with Gasteiger partial charge in [-0.05, 0) is 94.1 Å². The van der Waals surface area contributed by atoms with Crippen LogP contribution >= 0.6 is 0 Å². The zero-order valence-corrected chi connectivity index (χ0v) is 21.4. The molecule has 0 spiro atoms. The van der Waals surface area contributed by atoms with Crippen molar-refractivity contribution in [3.63, 3.8) is 0 Å². The van der Waals surface area contributed by atoms with Gasteiger partial charge in [0.1, 0.15) is 11.6 Å². The van der Waals surface area contributed by atoms with Crippen LogP contribution in [0.15, 0.2) is 53.6 Å². The molecule has 0 bridgehead atoms. The van der Waals surface area contributed by atoms with Gasteiger partial charge in [0, 0.05) is 6.20 Å². The smallest absolute Gasteiger partial charge is 0.229 e. The zero-order chi connectivity index (χ0) is 25.0. The molecule has 2 heterocycles. The minimum atomic E-state index is -3.46. The number of hydrogen-bond acceptors (Lipinski definition) is 8. The number of para-hydroxylation sites is 1. The van der Waals surface area contributed by atoms with E-state index in [1.54, 1.807) is 57.5 Å². The molecule has 0 aliphatic carbocycles. The van der Waals surface area contributed by atoms with E-state index in [0.29, 0.717) is 23.4 Å². The lowest BCUT2D eigenvalue weighted by atomic mass is 9.87. The molecule has 1 fully saturated rings. The van der Waals surface area contributed by atoms with Crippen molar-refractivity contribution < 1.29 is 13.2 Å². The van der Waals surface area contributed by atoms with E-state index in [1.807, 2.05) is 0 Å². The number of ether oxygens (including phenoxy) is 1. The molecule has 0 unspecified atom stereocenters. The van der Waals surface area contributed by atoms with Gasteiger partial charge in [0.25, 0.3) is 0 Å². The van der Waals surface area contributed by atoms with Crippen LogP contribution in [0.4, 0.5) is 23.1 Å². The van der Waals surface area contributed by atoms with Crippen LogP contribution in [0.5, 0.6) is 5.75 Å². The fourth-order valence-corrected chi connectivity index (χ4v) is 5.56. The average molecular weight is 496 g/mol. The Morgan fingerprint density at radius 2 is 1.80 bits per heavy atom. The molecule has 1 aliphatic heterocycles. The first-order valence-corrected chi connectivity index (χ1v) is 13.4. The quantitative estimate of drug-likeness (QED) is 0.404. The van der Waals surface area contributed by atoms with Crippen LogP contribution in [0.3, 0.4) is 0 Å². The molecular formula is C26H33N5O3S. The summed E-state index contributed by atoms with van der Waals surface area (Å²) in [5, 5.41) is 9.30. The lowest BCUT2D eigenvalue weighted by molar-refractivity contribution is 0.413. The van der Waals surface area contributed by atoms with Crippen molar-refractivity contribution in [1.82, 2.24) is 15.3 Å². The summed E-state index contributed by atoms with van der Waals surface area (Å²) in [6.07, 6.45) is 3.85. The highest BCUT2D eigenvalue weighted by Crippen LogP contribution is 2.36. The number of sulfone groups is 1. The van der Waals surface area contributed by atoms with Gasteiger partial charge in [0.2, 0.25) is 5.95 Å². The van der Waals surface area contributed by atoms with Crippen LogP contribution in [0.25, 0.3) is 0 Å². The molecule has 0 saturated carbocycles. The maximum Gasteiger partial charge on any atom is 0.229 e. The number of nitrogens with zero attached hydrogens (tertiary/aromatic N) is 2. The lowest BCUT2D eigenvalue weighted by Gasteiger charge is -2.25. The van der Waals surface area contributed by atoms with Crippen molar-refractivity contribution in [2.45, 2.75) is 49.7 Å². The first-order valence-electron chi connectivity index (χ1n) is 11.9. The van der Waals surface area contributed by atoms with Crippen LogP contribution in [-0.2, 0) is 9.84 Å². The van der Waals surface area contributed by atoms with Gasteiger partial charge in [0.05, 0.1) is 28.6 Å². The average Bonchev–Trinajstić information content (AvgIpc) is 2.85. The minimum absolute atomic E-state index is 0.244. The third-order valence-corrected chi connectivity index (χ3v) is 8.56. The van der Waals surface area contributed by atoms with Crippen LogP contribution in [-0.4, -0.2) is 43.8 Å².